The molecular formula is C19H21N5O2. The monoisotopic (exact) mass is 351 g/mol. The van der Waals surface area contributed by atoms with Crippen molar-refractivity contribution < 1.29 is 9.53 Å². The summed E-state index contributed by atoms with van der Waals surface area (Å²) >= 11 is 0. The molecule has 1 aliphatic rings. The van der Waals surface area contributed by atoms with E-state index in [-0.39, 0.29) is 11.8 Å². The number of methoxy groups -OCH3 is 1. The summed E-state index contributed by atoms with van der Waals surface area (Å²) in [7, 11) is 3.54. The molecule has 0 unspecified atom stereocenters. The lowest BCUT2D eigenvalue weighted by molar-refractivity contribution is 0.0950. The Morgan fingerprint density at radius 2 is 2.19 bits per heavy atom. The molecule has 26 heavy (non-hydrogen) atoms. The van der Waals surface area contributed by atoms with Gasteiger partial charge in [-0.2, -0.15) is 5.10 Å². The number of carbonyl (C=O) groups is 1. The van der Waals surface area contributed by atoms with Crippen molar-refractivity contribution >= 4 is 5.91 Å². The number of ether oxygens (including phenoxy) is 1. The number of hydrogen-bond acceptors (Lipinski definition) is 4. The number of nitrogens with zero attached hydrogens (tertiary/aromatic N) is 3. The number of aryl methyl sites for hydroxylation is 1. The van der Waals surface area contributed by atoms with Crippen molar-refractivity contribution in [3.8, 4) is 17.1 Å². The van der Waals surface area contributed by atoms with Gasteiger partial charge in [0.25, 0.3) is 5.91 Å². The first kappa shape index (κ1) is 16.4. The second kappa shape index (κ2) is 6.33. The van der Waals surface area contributed by atoms with Crippen molar-refractivity contribution in [2.45, 2.75) is 19.3 Å². The molecule has 7 nitrogen and oxygen atoms in total. The molecule has 2 N–H and O–H groups in total. The minimum Gasteiger partial charge on any atom is -0.497 e. The van der Waals surface area contributed by atoms with Gasteiger partial charge < -0.3 is 15.0 Å². The fraction of sp³-hybridized carbons (Fsp3) is 0.316. The van der Waals surface area contributed by atoms with E-state index in [2.05, 4.69) is 26.4 Å². The molecule has 1 amide bonds. The van der Waals surface area contributed by atoms with Gasteiger partial charge in [-0.1, -0.05) is 12.1 Å². The molecule has 3 heterocycles. The number of benzene rings is 1. The van der Waals surface area contributed by atoms with Crippen molar-refractivity contribution in [1.82, 2.24) is 25.1 Å². The van der Waals surface area contributed by atoms with Crippen molar-refractivity contribution in [2.75, 3.05) is 13.7 Å². The number of hydrogen-bond donors (Lipinski definition) is 2. The van der Waals surface area contributed by atoms with Crippen molar-refractivity contribution in [3.05, 3.63) is 53.1 Å². The van der Waals surface area contributed by atoms with Crippen LogP contribution in [0.2, 0.25) is 0 Å². The maximum absolute atomic E-state index is 12.5. The summed E-state index contributed by atoms with van der Waals surface area (Å²) in [5.41, 5.74) is 4.36. The van der Waals surface area contributed by atoms with E-state index >= 15 is 0 Å². The van der Waals surface area contributed by atoms with Gasteiger partial charge in [-0.05, 0) is 31.0 Å². The van der Waals surface area contributed by atoms with E-state index in [0.717, 1.165) is 28.3 Å². The highest BCUT2D eigenvalue weighted by molar-refractivity contribution is 5.94. The van der Waals surface area contributed by atoms with E-state index in [4.69, 9.17) is 4.74 Å². The van der Waals surface area contributed by atoms with Crippen molar-refractivity contribution in [3.63, 3.8) is 0 Å². The van der Waals surface area contributed by atoms with Gasteiger partial charge in [0.15, 0.2) is 0 Å². The standard InChI is InChI=1S/C19H21N5O2/c1-11-15(10-21-24(11)2)18-22-16-8-13(9-20-19(25)17(16)23-18)12-5-4-6-14(7-12)26-3/h4-7,10,13H,8-9H2,1-3H3,(H,20,25)(H,22,23)/t13-/m0/s1. The fourth-order valence-corrected chi connectivity index (χ4v) is 3.35. The summed E-state index contributed by atoms with van der Waals surface area (Å²) in [4.78, 5) is 20.4. The molecule has 1 aromatic carbocycles. The molecule has 134 valence electrons. The minimum absolute atomic E-state index is 0.144. The summed E-state index contributed by atoms with van der Waals surface area (Å²) in [6.07, 6.45) is 2.47. The summed E-state index contributed by atoms with van der Waals surface area (Å²) in [6.45, 7) is 2.55. The van der Waals surface area contributed by atoms with E-state index in [1.807, 2.05) is 32.2 Å². The quantitative estimate of drug-likeness (QED) is 0.758. The molecule has 0 saturated carbocycles. The van der Waals surface area contributed by atoms with Crippen molar-refractivity contribution in [2.24, 2.45) is 7.05 Å². The lowest BCUT2D eigenvalue weighted by Crippen LogP contribution is -2.26. The Balaban J connectivity index is 1.70. The number of aromatic nitrogens is 4. The second-order valence-electron chi connectivity index (χ2n) is 6.57. The van der Waals surface area contributed by atoms with E-state index in [1.165, 1.54) is 0 Å². The van der Waals surface area contributed by atoms with Crippen LogP contribution < -0.4 is 10.1 Å². The number of imidazole rings is 1. The number of nitrogens with one attached hydrogen (secondary N) is 2. The van der Waals surface area contributed by atoms with Gasteiger partial charge in [0, 0.05) is 30.9 Å². The third-order valence-corrected chi connectivity index (χ3v) is 5.01. The second-order valence-corrected chi connectivity index (χ2v) is 6.57. The topological polar surface area (TPSA) is 84.8 Å². The molecule has 0 bridgehead atoms. The Bertz CT molecular complexity index is 972. The fourth-order valence-electron chi connectivity index (χ4n) is 3.35. The lowest BCUT2D eigenvalue weighted by Gasteiger charge is -2.15. The Hall–Kier alpha value is -3.09. The molecule has 7 heteroatoms. The van der Waals surface area contributed by atoms with Gasteiger partial charge in [0.2, 0.25) is 0 Å². The summed E-state index contributed by atoms with van der Waals surface area (Å²) in [5, 5.41) is 7.25. The number of H-pyrrole nitrogens is 1. The Morgan fingerprint density at radius 1 is 1.35 bits per heavy atom. The largest absolute Gasteiger partial charge is 0.497 e. The minimum atomic E-state index is -0.144. The third kappa shape index (κ3) is 2.75. The average molecular weight is 351 g/mol. The van der Waals surface area contributed by atoms with Gasteiger partial charge in [-0.15, -0.1) is 0 Å². The molecule has 0 radical (unpaired) electrons. The van der Waals surface area contributed by atoms with Crippen LogP contribution in [0.5, 0.6) is 5.75 Å². The average Bonchev–Trinajstić information content (AvgIpc) is 3.17. The van der Waals surface area contributed by atoms with Crippen LogP contribution in [0.25, 0.3) is 11.4 Å². The zero-order chi connectivity index (χ0) is 18.3. The predicted molar refractivity (Wildman–Crippen MR) is 97.3 cm³/mol. The van der Waals surface area contributed by atoms with Crippen LogP contribution in [0.1, 0.15) is 33.4 Å². The first-order valence-electron chi connectivity index (χ1n) is 8.57. The third-order valence-electron chi connectivity index (χ3n) is 5.01. The zero-order valence-electron chi connectivity index (χ0n) is 15.0. The van der Waals surface area contributed by atoms with Crippen molar-refractivity contribution in [1.29, 1.82) is 0 Å². The molecule has 2 aromatic heterocycles. The molecular weight excluding hydrogens is 330 g/mol. The highest BCUT2D eigenvalue weighted by Gasteiger charge is 2.27. The molecule has 1 aliphatic heterocycles. The number of carbonyl (C=O) groups excluding carboxylic acids is 1. The summed E-state index contributed by atoms with van der Waals surface area (Å²) in [5.74, 6) is 1.50. The van der Waals surface area contributed by atoms with Crippen LogP contribution in [-0.4, -0.2) is 39.3 Å². The zero-order valence-corrected chi connectivity index (χ0v) is 15.0. The number of rotatable bonds is 3. The van der Waals surface area contributed by atoms with Crippen LogP contribution in [-0.2, 0) is 13.5 Å². The lowest BCUT2D eigenvalue weighted by atomic mass is 9.94. The Labute approximate surface area is 151 Å². The van der Waals surface area contributed by atoms with E-state index in [1.54, 1.807) is 18.0 Å². The van der Waals surface area contributed by atoms with Crippen LogP contribution in [0, 0.1) is 6.92 Å². The number of fused-ring (bicyclic) bond motifs is 1. The van der Waals surface area contributed by atoms with Crippen LogP contribution in [0.4, 0.5) is 0 Å². The van der Waals surface area contributed by atoms with Crippen LogP contribution in [0.3, 0.4) is 0 Å². The van der Waals surface area contributed by atoms with Gasteiger partial charge in [-0.25, -0.2) is 4.98 Å². The summed E-state index contributed by atoms with van der Waals surface area (Å²) in [6, 6.07) is 7.97. The van der Waals surface area contributed by atoms with E-state index < -0.39 is 0 Å². The molecule has 0 aliphatic carbocycles. The SMILES string of the molecule is COc1cccc([C@@H]2CNC(=O)c3nc(-c4cnn(C)c4C)[nH]c3C2)c1. The van der Waals surface area contributed by atoms with Crippen LogP contribution in [0.15, 0.2) is 30.5 Å². The highest BCUT2D eigenvalue weighted by Crippen LogP contribution is 2.29. The molecule has 0 fully saturated rings. The van der Waals surface area contributed by atoms with Gasteiger partial charge in [0.1, 0.15) is 17.3 Å². The molecule has 1 atom stereocenters. The molecule has 4 rings (SSSR count). The maximum Gasteiger partial charge on any atom is 0.271 e. The predicted octanol–water partition coefficient (Wildman–Crippen LogP) is 2.20. The number of aromatic amines is 1. The first-order chi connectivity index (χ1) is 12.6. The normalized spacial score (nSPS) is 16.7. The highest BCUT2D eigenvalue weighted by atomic mass is 16.5. The van der Waals surface area contributed by atoms with E-state index in [0.29, 0.717) is 24.5 Å². The Morgan fingerprint density at radius 3 is 2.92 bits per heavy atom. The number of amides is 1. The van der Waals surface area contributed by atoms with E-state index in [9.17, 15) is 4.79 Å². The van der Waals surface area contributed by atoms with Gasteiger partial charge >= 0.3 is 0 Å². The van der Waals surface area contributed by atoms with Gasteiger partial charge in [-0.3, -0.25) is 9.48 Å². The Kier molecular flexibility index (Phi) is 3.99. The smallest absolute Gasteiger partial charge is 0.271 e. The van der Waals surface area contributed by atoms with Gasteiger partial charge in [0.05, 0.1) is 18.9 Å². The molecule has 0 saturated heterocycles. The maximum atomic E-state index is 12.5. The van der Waals surface area contributed by atoms with Crippen LogP contribution >= 0.6 is 0 Å². The molecule has 0 spiro atoms. The summed E-state index contributed by atoms with van der Waals surface area (Å²) < 4.78 is 7.12. The molecule has 3 aromatic rings. The first-order valence-corrected chi connectivity index (χ1v) is 8.57.